The number of carbonyl (C=O) groups excluding carboxylic acids is 1. The van der Waals surface area contributed by atoms with Gasteiger partial charge in [-0.15, -0.1) is 0 Å². The second-order valence-electron chi connectivity index (χ2n) is 5.68. The highest BCUT2D eigenvalue weighted by Crippen LogP contribution is 2.29. The molecule has 3 unspecified atom stereocenters. The van der Waals surface area contributed by atoms with Crippen LogP contribution in [-0.4, -0.2) is 11.9 Å². The molecule has 3 N–H and O–H groups in total. The molecule has 3 atom stereocenters. The topological polar surface area (TPSA) is 55.1 Å². The van der Waals surface area contributed by atoms with Crippen molar-refractivity contribution in [1.82, 2.24) is 5.32 Å². The quantitative estimate of drug-likeness (QED) is 0.815. The number of amides is 1. The van der Waals surface area contributed by atoms with E-state index >= 15 is 0 Å². The van der Waals surface area contributed by atoms with Gasteiger partial charge in [0.05, 0.1) is 10.6 Å². The van der Waals surface area contributed by atoms with E-state index in [4.69, 9.17) is 17.3 Å². The zero-order valence-electron chi connectivity index (χ0n) is 11.4. The third-order valence-electron chi connectivity index (χ3n) is 4.17. The molecule has 0 saturated heterocycles. The molecule has 2 rings (SSSR count). The van der Waals surface area contributed by atoms with Gasteiger partial charge in [0.25, 0.3) is 5.91 Å². The monoisotopic (exact) mass is 280 g/mol. The number of nitrogens with two attached hydrogens (primary N) is 1. The second kappa shape index (κ2) is 5.83. The van der Waals surface area contributed by atoms with Gasteiger partial charge >= 0.3 is 0 Å². The average molecular weight is 281 g/mol. The fourth-order valence-corrected chi connectivity index (χ4v) is 2.93. The largest absolute Gasteiger partial charge is 0.399 e. The maximum Gasteiger partial charge on any atom is 0.253 e. The predicted molar refractivity (Wildman–Crippen MR) is 79.3 cm³/mol. The Labute approximate surface area is 119 Å². The molecule has 0 aliphatic heterocycles. The molecule has 1 amide bonds. The maximum atomic E-state index is 12.2. The molecule has 0 heterocycles. The Morgan fingerprint density at radius 3 is 2.68 bits per heavy atom. The molecule has 4 heteroatoms. The minimum atomic E-state index is -0.100. The number of nitrogen functional groups attached to an aromatic ring is 1. The van der Waals surface area contributed by atoms with Gasteiger partial charge in [-0.05, 0) is 49.3 Å². The van der Waals surface area contributed by atoms with Crippen LogP contribution in [0.2, 0.25) is 5.02 Å². The molecule has 0 radical (unpaired) electrons. The molecular formula is C15H21ClN2O. The lowest BCUT2D eigenvalue weighted by molar-refractivity contribution is 0.0911. The summed E-state index contributed by atoms with van der Waals surface area (Å²) in [6, 6.07) is 5.25. The average Bonchev–Trinajstić information content (AvgIpc) is 2.33. The molecule has 1 fully saturated rings. The zero-order chi connectivity index (χ0) is 14.0. The van der Waals surface area contributed by atoms with Gasteiger partial charge in [0.2, 0.25) is 0 Å². The van der Waals surface area contributed by atoms with E-state index in [1.165, 1.54) is 6.42 Å². The van der Waals surface area contributed by atoms with Crippen LogP contribution < -0.4 is 11.1 Å². The maximum absolute atomic E-state index is 12.2. The van der Waals surface area contributed by atoms with E-state index in [9.17, 15) is 4.79 Å². The number of benzene rings is 1. The van der Waals surface area contributed by atoms with Gasteiger partial charge in [0.1, 0.15) is 0 Å². The molecule has 0 aromatic heterocycles. The smallest absolute Gasteiger partial charge is 0.253 e. The molecule has 3 nitrogen and oxygen atoms in total. The van der Waals surface area contributed by atoms with E-state index < -0.39 is 0 Å². The highest BCUT2D eigenvalue weighted by Gasteiger charge is 2.26. The van der Waals surface area contributed by atoms with E-state index in [2.05, 4.69) is 19.2 Å². The molecule has 1 aromatic rings. The summed E-state index contributed by atoms with van der Waals surface area (Å²) >= 11 is 6.05. The van der Waals surface area contributed by atoms with Gasteiger partial charge in [-0.1, -0.05) is 25.4 Å². The first kappa shape index (κ1) is 14.2. The number of anilines is 1. The summed E-state index contributed by atoms with van der Waals surface area (Å²) in [5.74, 6) is 1.30. The van der Waals surface area contributed by atoms with Crippen molar-refractivity contribution in [2.45, 2.75) is 39.2 Å². The fraction of sp³-hybridized carbons (Fsp3) is 0.533. The van der Waals surface area contributed by atoms with Crippen LogP contribution in [0, 0.1) is 11.8 Å². The van der Waals surface area contributed by atoms with Crippen molar-refractivity contribution in [2.75, 3.05) is 5.73 Å². The summed E-state index contributed by atoms with van der Waals surface area (Å²) in [7, 11) is 0. The molecule has 0 bridgehead atoms. The standard InChI is InChI=1S/C15H21ClN2O/c1-9-3-5-12(7-10(9)2)18-15(19)13-6-4-11(17)8-14(13)16/h4,6,8-10,12H,3,5,7,17H2,1-2H3,(H,18,19). The minimum Gasteiger partial charge on any atom is -0.399 e. The number of halogens is 1. The summed E-state index contributed by atoms with van der Waals surface area (Å²) in [6.07, 6.45) is 3.25. The van der Waals surface area contributed by atoms with Gasteiger partial charge in [-0.2, -0.15) is 0 Å². The van der Waals surface area contributed by atoms with E-state index in [-0.39, 0.29) is 11.9 Å². The van der Waals surface area contributed by atoms with Crippen molar-refractivity contribution in [3.8, 4) is 0 Å². The SMILES string of the molecule is CC1CCC(NC(=O)c2ccc(N)cc2Cl)CC1C. The van der Waals surface area contributed by atoms with Crippen LogP contribution >= 0.6 is 11.6 Å². The zero-order valence-corrected chi connectivity index (χ0v) is 12.2. The van der Waals surface area contributed by atoms with Gasteiger partial charge < -0.3 is 11.1 Å². The first-order chi connectivity index (χ1) is 8.97. The van der Waals surface area contributed by atoms with E-state index in [0.717, 1.165) is 18.8 Å². The third-order valence-corrected chi connectivity index (χ3v) is 4.48. The predicted octanol–water partition coefficient (Wildman–Crippen LogP) is 3.48. The Hall–Kier alpha value is -1.22. The molecular weight excluding hydrogens is 260 g/mol. The lowest BCUT2D eigenvalue weighted by atomic mass is 9.79. The third kappa shape index (κ3) is 3.41. The Balaban J connectivity index is 2.01. The van der Waals surface area contributed by atoms with Gasteiger partial charge in [0.15, 0.2) is 0 Å². The lowest BCUT2D eigenvalue weighted by Crippen LogP contribution is -2.39. The van der Waals surface area contributed by atoms with Gasteiger partial charge in [-0.3, -0.25) is 4.79 Å². The summed E-state index contributed by atoms with van der Waals surface area (Å²) in [6.45, 7) is 4.53. The Morgan fingerprint density at radius 2 is 2.05 bits per heavy atom. The van der Waals surface area contributed by atoms with E-state index in [1.54, 1.807) is 18.2 Å². The van der Waals surface area contributed by atoms with Crippen LogP contribution in [0.1, 0.15) is 43.5 Å². The minimum absolute atomic E-state index is 0.100. The lowest BCUT2D eigenvalue weighted by Gasteiger charge is -2.32. The van der Waals surface area contributed by atoms with Crippen molar-refractivity contribution in [2.24, 2.45) is 11.8 Å². The molecule has 19 heavy (non-hydrogen) atoms. The number of hydrogen-bond donors (Lipinski definition) is 2. The van der Waals surface area contributed by atoms with Crippen LogP contribution in [-0.2, 0) is 0 Å². The normalized spacial score (nSPS) is 27.0. The summed E-state index contributed by atoms with van der Waals surface area (Å²) in [5.41, 5.74) is 6.70. The molecule has 1 aliphatic carbocycles. The molecule has 0 spiro atoms. The number of hydrogen-bond acceptors (Lipinski definition) is 2. The highest BCUT2D eigenvalue weighted by atomic mass is 35.5. The van der Waals surface area contributed by atoms with Crippen molar-refractivity contribution in [3.63, 3.8) is 0 Å². The van der Waals surface area contributed by atoms with Crippen molar-refractivity contribution in [1.29, 1.82) is 0 Å². The molecule has 1 aliphatic rings. The van der Waals surface area contributed by atoms with Crippen LogP contribution in [0.25, 0.3) is 0 Å². The number of nitrogens with one attached hydrogen (secondary N) is 1. The Bertz CT molecular complexity index is 475. The number of rotatable bonds is 2. The molecule has 104 valence electrons. The van der Waals surface area contributed by atoms with Gasteiger partial charge in [0, 0.05) is 11.7 Å². The fourth-order valence-electron chi connectivity index (χ4n) is 2.66. The van der Waals surface area contributed by atoms with E-state index in [0.29, 0.717) is 22.2 Å². The summed E-state index contributed by atoms with van der Waals surface area (Å²) < 4.78 is 0. The Kier molecular flexibility index (Phi) is 4.35. The Morgan fingerprint density at radius 1 is 1.32 bits per heavy atom. The van der Waals surface area contributed by atoms with Crippen LogP contribution in [0.4, 0.5) is 5.69 Å². The van der Waals surface area contributed by atoms with Gasteiger partial charge in [-0.25, -0.2) is 0 Å². The molecule has 1 saturated carbocycles. The number of carbonyl (C=O) groups is 1. The van der Waals surface area contributed by atoms with Crippen LogP contribution in [0.3, 0.4) is 0 Å². The van der Waals surface area contributed by atoms with Crippen molar-refractivity contribution in [3.05, 3.63) is 28.8 Å². The van der Waals surface area contributed by atoms with Crippen molar-refractivity contribution < 1.29 is 4.79 Å². The van der Waals surface area contributed by atoms with E-state index in [1.807, 2.05) is 0 Å². The highest BCUT2D eigenvalue weighted by molar-refractivity contribution is 6.34. The summed E-state index contributed by atoms with van der Waals surface area (Å²) in [4.78, 5) is 12.2. The first-order valence-corrected chi connectivity index (χ1v) is 7.21. The second-order valence-corrected chi connectivity index (χ2v) is 6.08. The van der Waals surface area contributed by atoms with Crippen molar-refractivity contribution >= 4 is 23.2 Å². The van der Waals surface area contributed by atoms with Crippen LogP contribution in [0.5, 0.6) is 0 Å². The summed E-state index contributed by atoms with van der Waals surface area (Å²) in [5, 5.41) is 3.49. The molecule has 1 aromatic carbocycles. The van der Waals surface area contributed by atoms with Crippen LogP contribution in [0.15, 0.2) is 18.2 Å². The first-order valence-electron chi connectivity index (χ1n) is 6.83.